The van der Waals surface area contributed by atoms with Gasteiger partial charge in [-0.25, -0.2) is 4.79 Å². The lowest BCUT2D eigenvalue weighted by Gasteiger charge is -2.36. The fraction of sp³-hybridized carbons (Fsp3) is 0.594. The zero-order valence-electron chi connectivity index (χ0n) is 23.5. The van der Waals surface area contributed by atoms with Gasteiger partial charge in [-0.2, -0.15) is 0 Å². The van der Waals surface area contributed by atoms with Crippen LogP contribution in [0.1, 0.15) is 89.7 Å². The number of hydrogen-bond acceptors (Lipinski definition) is 3. The quantitative estimate of drug-likeness (QED) is 0.120. The summed E-state index contributed by atoms with van der Waals surface area (Å²) in [6.45, 7) is 7.53. The summed E-state index contributed by atoms with van der Waals surface area (Å²) in [5.74, 6) is 0.781. The Hall–Kier alpha value is -2.33. The van der Waals surface area contributed by atoms with E-state index in [1.807, 2.05) is 31.2 Å². The molecule has 0 aliphatic rings. The highest BCUT2D eigenvalue weighted by molar-refractivity contribution is 5.74. The molecule has 0 saturated heterocycles. The second-order valence-electron chi connectivity index (χ2n) is 10.7. The highest BCUT2D eigenvalue weighted by Gasteiger charge is 2.35. The van der Waals surface area contributed by atoms with E-state index >= 15 is 0 Å². The standard InChI is InChI=1S/C32H50NO3/c1-6-8-9-10-11-12-14-18-28-21-17-22-30(25-28)36-27(3)23-24-35-32(34)31(7-2)33(4,5)26-29-19-15-13-16-20-29/h13,15-17,19-22,25,27,31H,6-12,14,18,23-24,26H2,1-5H3/q+1. The van der Waals surface area contributed by atoms with Gasteiger partial charge in [-0.3, -0.25) is 0 Å². The van der Waals surface area contributed by atoms with Crippen molar-refractivity contribution >= 4 is 5.97 Å². The molecule has 200 valence electrons. The van der Waals surface area contributed by atoms with Gasteiger partial charge in [0.15, 0.2) is 6.04 Å². The minimum atomic E-state index is -0.190. The summed E-state index contributed by atoms with van der Waals surface area (Å²) in [4.78, 5) is 12.9. The second-order valence-corrected chi connectivity index (χ2v) is 10.7. The number of quaternary nitrogens is 1. The maximum absolute atomic E-state index is 12.9. The highest BCUT2D eigenvalue weighted by Crippen LogP contribution is 2.20. The number of hydrogen-bond donors (Lipinski definition) is 0. The van der Waals surface area contributed by atoms with Gasteiger partial charge in [0.1, 0.15) is 12.3 Å². The van der Waals surface area contributed by atoms with Gasteiger partial charge in [-0.1, -0.05) is 94.8 Å². The first-order valence-electron chi connectivity index (χ1n) is 14.1. The van der Waals surface area contributed by atoms with E-state index in [-0.39, 0.29) is 18.1 Å². The van der Waals surface area contributed by atoms with Crippen LogP contribution in [0.3, 0.4) is 0 Å². The first-order valence-corrected chi connectivity index (χ1v) is 14.1. The molecule has 0 aromatic heterocycles. The second kappa shape index (κ2) is 16.4. The molecule has 0 aliphatic heterocycles. The minimum absolute atomic E-state index is 0.0153. The van der Waals surface area contributed by atoms with Gasteiger partial charge in [0.05, 0.1) is 26.8 Å². The normalized spacial score (nSPS) is 13.2. The van der Waals surface area contributed by atoms with Crippen molar-refractivity contribution in [1.29, 1.82) is 0 Å². The Morgan fingerprint density at radius 3 is 2.22 bits per heavy atom. The van der Waals surface area contributed by atoms with Crippen LogP contribution in [0, 0.1) is 0 Å². The molecule has 4 nitrogen and oxygen atoms in total. The number of nitrogens with zero attached hydrogens (tertiary/aromatic N) is 1. The molecule has 36 heavy (non-hydrogen) atoms. The molecule has 2 atom stereocenters. The van der Waals surface area contributed by atoms with E-state index in [1.54, 1.807) is 0 Å². The van der Waals surface area contributed by atoms with Crippen molar-refractivity contribution in [1.82, 2.24) is 0 Å². The Morgan fingerprint density at radius 1 is 0.861 bits per heavy atom. The van der Waals surface area contributed by atoms with Crippen LogP contribution in [0.4, 0.5) is 0 Å². The van der Waals surface area contributed by atoms with Crippen LogP contribution in [0.15, 0.2) is 54.6 Å². The van der Waals surface area contributed by atoms with Crippen LogP contribution in [0.25, 0.3) is 0 Å². The molecular weight excluding hydrogens is 446 g/mol. The molecule has 2 unspecified atom stereocenters. The van der Waals surface area contributed by atoms with E-state index < -0.39 is 0 Å². The van der Waals surface area contributed by atoms with Crippen LogP contribution >= 0.6 is 0 Å². The minimum Gasteiger partial charge on any atom is -0.491 e. The van der Waals surface area contributed by atoms with Crippen molar-refractivity contribution in [3.05, 3.63) is 65.7 Å². The molecule has 4 heteroatoms. The molecule has 0 radical (unpaired) electrons. The lowest BCUT2D eigenvalue weighted by molar-refractivity contribution is -0.919. The number of esters is 1. The predicted molar refractivity (Wildman–Crippen MR) is 150 cm³/mol. The Kier molecular flexibility index (Phi) is 13.6. The third kappa shape index (κ3) is 11.2. The van der Waals surface area contributed by atoms with Crippen molar-refractivity contribution < 1.29 is 18.8 Å². The van der Waals surface area contributed by atoms with E-state index in [0.29, 0.717) is 17.5 Å². The highest BCUT2D eigenvalue weighted by atomic mass is 16.5. The summed E-state index contributed by atoms with van der Waals surface area (Å²) in [7, 11) is 4.21. The Balaban J connectivity index is 1.73. The fourth-order valence-corrected chi connectivity index (χ4v) is 4.88. The van der Waals surface area contributed by atoms with Gasteiger partial charge < -0.3 is 14.0 Å². The summed E-state index contributed by atoms with van der Waals surface area (Å²) >= 11 is 0. The summed E-state index contributed by atoms with van der Waals surface area (Å²) in [5.41, 5.74) is 2.56. The number of unbranched alkanes of at least 4 members (excludes halogenated alkanes) is 6. The lowest BCUT2D eigenvalue weighted by Crippen LogP contribution is -2.52. The number of carbonyl (C=O) groups is 1. The first-order chi connectivity index (χ1) is 17.4. The zero-order valence-corrected chi connectivity index (χ0v) is 23.5. The molecule has 2 aromatic rings. The number of benzene rings is 2. The van der Waals surface area contributed by atoms with Crippen LogP contribution in [0.5, 0.6) is 5.75 Å². The summed E-state index contributed by atoms with van der Waals surface area (Å²) in [6.07, 6.45) is 11.8. The summed E-state index contributed by atoms with van der Waals surface area (Å²) in [6, 6.07) is 18.6. The molecule has 0 fully saturated rings. The number of aryl methyl sites for hydroxylation is 1. The summed E-state index contributed by atoms with van der Waals surface area (Å²) in [5, 5.41) is 0. The number of likely N-dealkylation sites (N-methyl/N-ethyl adjacent to an activating group) is 1. The van der Waals surface area contributed by atoms with E-state index in [4.69, 9.17) is 9.47 Å². The maximum atomic E-state index is 12.9. The zero-order chi connectivity index (χ0) is 26.2. The molecule has 0 bridgehead atoms. The summed E-state index contributed by atoms with van der Waals surface area (Å²) < 4.78 is 12.4. The van der Waals surface area contributed by atoms with Gasteiger partial charge in [0, 0.05) is 18.4 Å². The Labute approximate surface area is 220 Å². The molecule has 0 aliphatic carbocycles. The molecule has 0 amide bonds. The Morgan fingerprint density at radius 2 is 1.53 bits per heavy atom. The number of carbonyl (C=O) groups excluding carboxylic acids is 1. The van der Waals surface area contributed by atoms with Gasteiger partial charge in [-0.05, 0) is 37.5 Å². The van der Waals surface area contributed by atoms with Crippen LogP contribution in [0.2, 0.25) is 0 Å². The van der Waals surface area contributed by atoms with Gasteiger partial charge in [-0.15, -0.1) is 0 Å². The largest absolute Gasteiger partial charge is 0.491 e. The van der Waals surface area contributed by atoms with Gasteiger partial charge >= 0.3 is 5.97 Å². The maximum Gasteiger partial charge on any atom is 0.364 e. The number of rotatable bonds is 18. The van der Waals surface area contributed by atoms with E-state index in [1.165, 1.54) is 56.1 Å². The number of ether oxygens (including phenoxy) is 2. The monoisotopic (exact) mass is 496 g/mol. The molecule has 2 aromatic carbocycles. The van der Waals surface area contributed by atoms with Crippen LogP contribution in [-0.2, 0) is 22.5 Å². The van der Waals surface area contributed by atoms with Crippen molar-refractivity contribution in [2.75, 3.05) is 20.7 Å². The van der Waals surface area contributed by atoms with Gasteiger partial charge in [0.25, 0.3) is 0 Å². The molecular formula is C32H50NO3+. The van der Waals surface area contributed by atoms with Crippen LogP contribution in [-0.4, -0.2) is 43.3 Å². The van der Waals surface area contributed by atoms with Crippen molar-refractivity contribution in [2.45, 2.75) is 104 Å². The molecule has 0 N–H and O–H groups in total. The van der Waals surface area contributed by atoms with E-state index in [2.05, 4.69) is 58.3 Å². The van der Waals surface area contributed by atoms with E-state index in [0.717, 1.165) is 25.1 Å². The molecule has 0 spiro atoms. The smallest absolute Gasteiger partial charge is 0.364 e. The topological polar surface area (TPSA) is 35.5 Å². The first kappa shape index (κ1) is 29.9. The SMILES string of the molecule is CCCCCCCCCc1cccc(OC(C)CCOC(=O)C(CC)[N+](C)(C)Cc2ccccc2)c1. The van der Waals surface area contributed by atoms with Gasteiger partial charge in [0.2, 0.25) is 0 Å². The van der Waals surface area contributed by atoms with Crippen molar-refractivity contribution in [3.63, 3.8) is 0 Å². The predicted octanol–water partition coefficient (Wildman–Crippen LogP) is 7.74. The lowest BCUT2D eigenvalue weighted by atomic mass is 10.0. The molecule has 2 rings (SSSR count). The fourth-order valence-electron chi connectivity index (χ4n) is 4.88. The van der Waals surface area contributed by atoms with Crippen molar-refractivity contribution in [3.8, 4) is 5.75 Å². The van der Waals surface area contributed by atoms with E-state index in [9.17, 15) is 4.79 Å². The average molecular weight is 497 g/mol. The third-order valence-electron chi connectivity index (χ3n) is 7.01. The average Bonchev–Trinajstić information content (AvgIpc) is 2.84. The third-order valence-corrected chi connectivity index (χ3v) is 7.01. The van der Waals surface area contributed by atoms with Crippen LogP contribution < -0.4 is 4.74 Å². The molecule has 0 saturated carbocycles. The Bertz CT molecular complexity index is 865. The molecule has 0 heterocycles. The van der Waals surface area contributed by atoms with Crippen molar-refractivity contribution in [2.24, 2.45) is 0 Å².